The molecule has 0 amide bonds. The standard InChI is InChI=1S/C21H21N3O4/c25-17-11-18(20-22-19(23-28-20)10-14-4-2-1-3-5-14)24(13-17)12-15-6-8-16(9-7-15)21(26)27/h1-9,17-18,25H,10-13H2,(H,26,27). The maximum Gasteiger partial charge on any atom is 0.335 e. The molecular formula is C21H21N3O4. The summed E-state index contributed by atoms with van der Waals surface area (Å²) in [5.41, 5.74) is 2.33. The highest BCUT2D eigenvalue weighted by Crippen LogP contribution is 2.32. The van der Waals surface area contributed by atoms with Crippen LogP contribution in [0.25, 0.3) is 0 Å². The predicted molar refractivity (Wildman–Crippen MR) is 101 cm³/mol. The van der Waals surface area contributed by atoms with E-state index in [1.54, 1.807) is 24.3 Å². The number of aromatic nitrogens is 2. The van der Waals surface area contributed by atoms with Crippen LogP contribution in [0.5, 0.6) is 0 Å². The smallest absolute Gasteiger partial charge is 0.335 e. The normalized spacial score (nSPS) is 19.8. The Balaban J connectivity index is 1.47. The number of benzene rings is 2. The van der Waals surface area contributed by atoms with Crippen LogP contribution in [0.15, 0.2) is 59.1 Å². The van der Waals surface area contributed by atoms with Gasteiger partial charge in [0.1, 0.15) is 0 Å². The Morgan fingerprint density at radius 2 is 1.86 bits per heavy atom. The van der Waals surface area contributed by atoms with E-state index in [2.05, 4.69) is 15.0 Å². The first-order valence-electron chi connectivity index (χ1n) is 9.19. The molecule has 0 saturated carbocycles. The molecule has 2 unspecified atom stereocenters. The van der Waals surface area contributed by atoms with Crippen molar-refractivity contribution >= 4 is 5.97 Å². The van der Waals surface area contributed by atoms with Gasteiger partial charge in [-0.15, -0.1) is 0 Å². The lowest BCUT2D eigenvalue weighted by Crippen LogP contribution is -2.24. The quantitative estimate of drug-likeness (QED) is 0.679. The number of likely N-dealkylation sites (tertiary alicyclic amines) is 1. The van der Waals surface area contributed by atoms with Crippen LogP contribution in [-0.2, 0) is 13.0 Å². The zero-order valence-electron chi connectivity index (χ0n) is 15.2. The lowest BCUT2D eigenvalue weighted by molar-refractivity contribution is 0.0697. The summed E-state index contributed by atoms with van der Waals surface area (Å²) in [7, 11) is 0. The summed E-state index contributed by atoms with van der Waals surface area (Å²) < 4.78 is 5.50. The van der Waals surface area contributed by atoms with E-state index < -0.39 is 12.1 Å². The molecule has 1 aromatic heterocycles. The summed E-state index contributed by atoms with van der Waals surface area (Å²) in [5, 5.41) is 23.3. The molecule has 0 spiro atoms. The van der Waals surface area contributed by atoms with Crippen LogP contribution < -0.4 is 0 Å². The molecule has 0 bridgehead atoms. The third kappa shape index (κ3) is 4.11. The number of carboxylic acids is 1. The van der Waals surface area contributed by atoms with Crippen molar-refractivity contribution in [1.82, 2.24) is 15.0 Å². The van der Waals surface area contributed by atoms with Gasteiger partial charge in [-0.05, 0) is 29.7 Å². The van der Waals surface area contributed by atoms with Gasteiger partial charge in [0.25, 0.3) is 0 Å². The highest BCUT2D eigenvalue weighted by molar-refractivity contribution is 5.87. The van der Waals surface area contributed by atoms with Crippen molar-refractivity contribution in [3.8, 4) is 0 Å². The Morgan fingerprint density at radius 3 is 2.57 bits per heavy atom. The molecule has 1 fully saturated rings. The topological polar surface area (TPSA) is 99.7 Å². The van der Waals surface area contributed by atoms with Gasteiger partial charge in [0.2, 0.25) is 5.89 Å². The van der Waals surface area contributed by atoms with Gasteiger partial charge in [0.05, 0.1) is 17.7 Å². The number of carbonyl (C=O) groups is 1. The first-order valence-corrected chi connectivity index (χ1v) is 9.19. The van der Waals surface area contributed by atoms with E-state index in [4.69, 9.17) is 9.63 Å². The molecule has 2 heterocycles. The second-order valence-electron chi connectivity index (χ2n) is 7.05. The van der Waals surface area contributed by atoms with Gasteiger partial charge < -0.3 is 14.7 Å². The Hall–Kier alpha value is -3.03. The van der Waals surface area contributed by atoms with Gasteiger partial charge in [0, 0.05) is 19.5 Å². The molecule has 28 heavy (non-hydrogen) atoms. The lowest BCUT2D eigenvalue weighted by atomic mass is 10.1. The van der Waals surface area contributed by atoms with Crippen LogP contribution in [0.4, 0.5) is 0 Å². The number of hydrogen-bond donors (Lipinski definition) is 2. The van der Waals surface area contributed by atoms with Crippen molar-refractivity contribution in [2.45, 2.75) is 31.5 Å². The molecule has 1 aliphatic heterocycles. The van der Waals surface area contributed by atoms with Crippen molar-refractivity contribution in [1.29, 1.82) is 0 Å². The Bertz CT molecular complexity index is 940. The molecule has 7 nitrogen and oxygen atoms in total. The van der Waals surface area contributed by atoms with E-state index >= 15 is 0 Å². The van der Waals surface area contributed by atoms with Crippen molar-refractivity contribution in [2.75, 3.05) is 6.54 Å². The summed E-state index contributed by atoms with van der Waals surface area (Å²) in [5.74, 6) is 0.177. The minimum Gasteiger partial charge on any atom is -0.478 e. The highest BCUT2D eigenvalue weighted by atomic mass is 16.5. The SMILES string of the molecule is O=C(O)c1ccc(CN2CC(O)CC2c2nc(Cc3ccccc3)no2)cc1. The molecule has 2 aromatic carbocycles. The molecule has 7 heteroatoms. The maximum absolute atomic E-state index is 11.0. The van der Waals surface area contributed by atoms with Gasteiger partial charge in [-0.2, -0.15) is 4.98 Å². The van der Waals surface area contributed by atoms with E-state index in [9.17, 15) is 9.90 Å². The van der Waals surface area contributed by atoms with Crippen molar-refractivity contribution in [3.63, 3.8) is 0 Å². The van der Waals surface area contributed by atoms with Crippen LogP contribution in [0.3, 0.4) is 0 Å². The van der Waals surface area contributed by atoms with Gasteiger partial charge in [0.15, 0.2) is 5.82 Å². The number of nitrogens with zero attached hydrogens (tertiary/aromatic N) is 3. The van der Waals surface area contributed by atoms with E-state index in [1.165, 1.54) is 0 Å². The second-order valence-corrected chi connectivity index (χ2v) is 7.05. The first kappa shape index (κ1) is 18.3. The predicted octanol–water partition coefficient (Wildman–Crippen LogP) is 2.67. The van der Waals surface area contributed by atoms with Gasteiger partial charge in [-0.25, -0.2) is 4.79 Å². The van der Waals surface area contributed by atoms with Crippen molar-refractivity contribution in [2.24, 2.45) is 0 Å². The average molecular weight is 379 g/mol. The Morgan fingerprint density at radius 1 is 1.11 bits per heavy atom. The summed E-state index contributed by atoms with van der Waals surface area (Å²) in [6.45, 7) is 1.07. The van der Waals surface area contributed by atoms with Crippen LogP contribution in [0.2, 0.25) is 0 Å². The molecule has 2 atom stereocenters. The number of carboxylic acid groups (broad SMARTS) is 1. The van der Waals surface area contributed by atoms with Crippen LogP contribution in [0, 0.1) is 0 Å². The Kier molecular flexibility index (Phi) is 5.18. The molecule has 144 valence electrons. The lowest BCUT2D eigenvalue weighted by Gasteiger charge is -2.21. The molecule has 4 rings (SSSR count). The fourth-order valence-electron chi connectivity index (χ4n) is 3.55. The van der Waals surface area contributed by atoms with Crippen LogP contribution in [0.1, 0.15) is 45.7 Å². The number of aliphatic hydroxyl groups excluding tert-OH is 1. The number of β-amino-alcohol motifs (C(OH)–C–C–N with tert-alkyl or cyclic N) is 1. The van der Waals surface area contributed by atoms with Crippen molar-refractivity contribution < 1.29 is 19.5 Å². The third-order valence-electron chi connectivity index (χ3n) is 4.94. The van der Waals surface area contributed by atoms with E-state index in [0.717, 1.165) is 11.1 Å². The fourth-order valence-corrected chi connectivity index (χ4v) is 3.55. The van der Waals surface area contributed by atoms with E-state index in [1.807, 2.05) is 30.3 Å². The molecule has 2 N–H and O–H groups in total. The number of aromatic carboxylic acids is 1. The zero-order chi connectivity index (χ0) is 19.5. The number of aliphatic hydroxyl groups is 1. The molecule has 1 saturated heterocycles. The highest BCUT2D eigenvalue weighted by Gasteiger charge is 2.35. The summed E-state index contributed by atoms with van der Waals surface area (Å²) in [6, 6.07) is 16.5. The van der Waals surface area contributed by atoms with E-state index in [0.29, 0.717) is 37.6 Å². The summed E-state index contributed by atoms with van der Waals surface area (Å²) >= 11 is 0. The van der Waals surface area contributed by atoms with Gasteiger partial charge in [-0.3, -0.25) is 4.90 Å². The third-order valence-corrected chi connectivity index (χ3v) is 4.94. The Labute approximate surface area is 162 Å². The summed E-state index contributed by atoms with van der Waals surface area (Å²) in [4.78, 5) is 17.6. The number of hydrogen-bond acceptors (Lipinski definition) is 6. The zero-order valence-corrected chi connectivity index (χ0v) is 15.2. The van der Waals surface area contributed by atoms with Gasteiger partial charge in [-0.1, -0.05) is 47.6 Å². The van der Waals surface area contributed by atoms with Crippen LogP contribution >= 0.6 is 0 Å². The first-order chi connectivity index (χ1) is 13.6. The van der Waals surface area contributed by atoms with Crippen LogP contribution in [-0.4, -0.2) is 43.9 Å². The van der Waals surface area contributed by atoms with E-state index in [-0.39, 0.29) is 11.6 Å². The molecule has 0 aliphatic carbocycles. The minimum absolute atomic E-state index is 0.161. The average Bonchev–Trinajstić information content (AvgIpc) is 3.29. The molecule has 3 aromatic rings. The minimum atomic E-state index is -0.946. The maximum atomic E-state index is 11.0. The molecule has 1 aliphatic rings. The summed E-state index contributed by atoms with van der Waals surface area (Å²) in [6.07, 6.45) is 0.656. The van der Waals surface area contributed by atoms with Crippen molar-refractivity contribution in [3.05, 3.63) is 83.0 Å². The molecule has 0 radical (unpaired) electrons. The monoisotopic (exact) mass is 379 g/mol. The largest absolute Gasteiger partial charge is 0.478 e. The molecular weight excluding hydrogens is 358 g/mol. The number of rotatable bonds is 6. The van der Waals surface area contributed by atoms with Gasteiger partial charge >= 0.3 is 5.97 Å². The second kappa shape index (κ2) is 7.92. The fraction of sp³-hybridized carbons (Fsp3) is 0.286.